The molecule has 36 heavy (non-hydrogen) atoms. The van der Waals surface area contributed by atoms with Crippen LogP contribution in [0.25, 0.3) is 56.5 Å². The molecule has 4 aromatic carbocycles. The van der Waals surface area contributed by atoms with Crippen LogP contribution in [0.15, 0.2) is 134 Å². The summed E-state index contributed by atoms with van der Waals surface area (Å²) in [6, 6.07) is 42.8. The Labute approximate surface area is 210 Å². The molecule has 0 aliphatic rings. The maximum Gasteiger partial charge on any atom is 0.164 e. The monoisotopic (exact) mass is 462 g/mol. The van der Waals surface area contributed by atoms with Gasteiger partial charge < -0.3 is 0 Å². The van der Waals surface area contributed by atoms with Crippen molar-refractivity contribution in [2.75, 3.05) is 0 Å². The fourth-order valence-electron chi connectivity index (χ4n) is 4.14. The highest BCUT2D eigenvalue weighted by molar-refractivity contribution is 5.74. The number of pyridine rings is 1. The molecular formula is C32H22N4. The zero-order chi connectivity index (χ0) is 24.2. The third-order valence-electron chi connectivity index (χ3n) is 6.00. The summed E-state index contributed by atoms with van der Waals surface area (Å²) in [5.41, 5.74) is 7.13. The van der Waals surface area contributed by atoms with Crippen molar-refractivity contribution >= 4 is 0 Å². The van der Waals surface area contributed by atoms with Crippen molar-refractivity contribution in [2.24, 2.45) is 0 Å². The summed E-state index contributed by atoms with van der Waals surface area (Å²) in [5, 5.41) is 0. The van der Waals surface area contributed by atoms with Crippen molar-refractivity contribution in [3.05, 3.63) is 134 Å². The maximum atomic E-state index is 4.86. The molecule has 0 spiro atoms. The number of aromatic nitrogens is 4. The first kappa shape index (κ1) is 21.6. The van der Waals surface area contributed by atoms with Crippen LogP contribution in [-0.4, -0.2) is 19.9 Å². The van der Waals surface area contributed by atoms with E-state index in [-0.39, 0.29) is 0 Å². The Kier molecular flexibility index (Phi) is 5.83. The smallest absolute Gasteiger partial charge is 0.164 e. The van der Waals surface area contributed by atoms with Gasteiger partial charge in [0.05, 0.1) is 5.69 Å². The molecule has 170 valence electrons. The van der Waals surface area contributed by atoms with Crippen LogP contribution in [0.4, 0.5) is 0 Å². The predicted molar refractivity (Wildman–Crippen MR) is 145 cm³/mol. The Morgan fingerprint density at radius 3 is 1.42 bits per heavy atom. The molecule has 6 rings (SSSR count). The molecule has 0 N–H and O–H groups in total. The van der Waals surface area contributed by atoms with Crippen molar-refractivity contribution in [3.8, 4) is 56.5 Å². The average Bonchev–Trinajstić information content (AvgIpc) is 2.98. The van der Waals surface area contributed by atoms with Crippen molar-refractivity contribution < 1.29 is 0 Å². The molecule has 0 aliphatic heterocycles. The van der Waals surface area contributed by atoms with E-state index in [1.807, 2.05) is 97.2 Å². The highest BCUT2D eigenvalue weighted by atomic mass is 15.0. The Balaban J connectivity index is 1.41. The van der Waals surface area contributed by atoms with Crippen LogP contribution in [0.3, 0.4) is 0 Å². The van der Waals surface area contributed by atoms with Gasteiger partial charge in [-0.05, 0) is 29.3 Å². The van der Waals surface area contributed by atoms with Gasteiger partial charge in [-0.1, -0.05) is 109 Å². The first-order valence-corrected chi connectivity index (χ1v) is 11.8. The van der Waals surface area contributed by atoms with Crippen LogP contribution in [0, 0.1) is 0 Å². The van der Waals surface area contributed by atoms with Crippen LogP contribution < -0.4 is 0 Å². The Bertz CT molecular complexity index is 1540. The van der Waals surface area contributed by atoms with E-state index < -0.39 is 0 Å². The van der Waals surface area contributed by atoms with Gasteiger partial charge in [0.1, 0.15) is 0 Å². The zero-order valence-corrected chi connectivity index (χ0v) is 19.5. The molecule has 0 atom stereocenters. The SMILES string of the molecule is c1ccc(-c2nc(-c3ccccc3)nc(-c3cccc(-c4ccc(-c5ccccn5)cc4)c3)n2)cc1. The Morgan fingerprint density at radius 2 is 0.833 bits per heavy atom. The van der Waals surface area contributed by atoms with Gasteiger partial charge in [0.15, 0.2) is 17.5 Å². The zero-order valence-electron chi connectivity index (χ0n) is 19.5. The molecule has 0 radical (unpaired) electrons. The number of nitrogens with zero attached hydrogens (tertiary/aromatic N) is 4. The molecule has 2 heterocycles. The number of rotatable bonds is 5. The Hall–Kier alpha value is -4.96. The van der Waals surface area contributed by atoms with Gasteiger partial charge in [-0.3, -0.25) is 4.98 Å². The van der Waals surface area contributed by atoms with E-state index in [9.17, 15) is 0 Å². The summed E-state index contributed by atoms with van der Waals surface area (Å²) in [4.78, 5) is 19.0. The largest absolute Gasteiger partial charge is 0.256 e. The van der Waals surface area contributed by atoms with Crippen LogP contribution in [0.2, 0.25) is 0 Å². The molecule has 0 unspecified atom stereocenters. The third kappa shape index (κ3) is 4.52. The predicted octanol–water partition coefficient (Wildman–Crippen LogP) is 7.60. The molecule has 0 fully saturated rings. The lowest BCUT2D eigenvalue weighted by molar-refractivity contribution is 1.07. The number of benzene rings is 4. The van der Waals surface area contributed by atoms with Gasteiger partial charge in [-0.2, -0.15) is 0 Å². The van der Waals surface area contributed by atoms with Gasteiger partial charge >= 0.3 is 0 Å². The highest BCUT2D eigenvalue weighted by Gasteiger charge is 2.12. The second-order valence-corrected chi connectivity index (χ2v) is 8.41. The molecule has 0 amide bonds. The maximum absolute atomic E-state index is 4.86. The van der Waals surface area contributed by atoms with Crippen molar-refractivity contribution in [1.82, 2.24) is 19.9 Å². The molecule has 2 aromatic heterocycles. The minimum absolute atomic E-state index is 0.648. The minimum Gasteiger partial charge on any atom is -0.256 e. The van der Waals surface area contributed by atoms with Crippen LogP contribution in [0.5, 0.6) is 0 Å². The summed E-state index contributed by atoms with van der Waals surface area (Å²) in [6.07, 6.45) is 1.81. The van der Waals surface area contributed by atoms with E-state index in [4.69, 9.17) is 15.0 Å². The molecule has 4 heteroatoms. The molecule has 0 aliphatic carbocycles. The van der Waals surface area contributed by atoms with Gasteiger partial charge in [0.2, 0.25) is 0 Å². The van der Waals surface area contributed by atoms with Gasteiger partial charge in [0, 0.05) is 28.5 Å². The summed E-state index contributed by atoms with van der Waals surface area (Å²) in [6.45, 7) is 0. The van der Waals surface area contributed by atoms with E-state index in [1.54, 1.807) is 0 Å². The normalized spacial score (nSPS) is 10.8. The van der Waals surface area contributed by atoms with E-state index >= 15 is 0 Å². The van der Waals surface area contributed by atoms with E-state index in [0.29, 0.717) is 17.5 Å². The number of hydrogen-bond donors (Lipinski definition) is 0. The molecule has 0 saturated heterocycles. The van der Waals surface area contributed by atoms with Crippen molar-refractivity contribution in [1.29, 1.82) is 0 Å². The quantitative estimate of drug-likeness (QED) is 0.265. The van der Waals surface area contributed by atoms with Crippen LogP contribution in [-0.2, 0) is 0 Å². The first-order chi connectivity index (χ1) is 17.8. The van der Waals surface area contributed by atoms with E-state index in [2.05, 4.69) is 41.4 Å². The van der Waals surface area contributed by atoms with Gasteiger partial charge in [-0.25, -0.2) is 15.0 Å². The highest BCUT2D eigenvalue weighted by Crippen LogP contribution is 2.29. The molecule has 4 nitrogen and oxygen atoms in total. The molecule has 0 bridgehead atoms. The average molecular weight is 463 g/mol. The van der Waals surface area contributed by atoms with Gasteiger partial charge in [-0.15, -0.1) is 0 Å². The second kappa shape index (κ2) is 9.72. The Morgan fingerprint density at radius 1 is 0.333 bits per heavy atom. The minimum atomic E-state index is 0.648. The summed E-state index contributed by atoms with van der Waals surface area (Å²) >= 11 is 0. The standard InChI is InChI=1S/C32H22N4/c1-3-10-25(11-4-1)30-34-31(26-12-5-2-6-13-26)36-32(35-30)28-15-9-14-27(22-28)23-17-19-24(20-18-23)29-16-7-8-21-33-29/h1-22H. The fourth-order valence-corrected chi connectivity index (χ4v) is 4.14. The topological polar surface area (TPSA) is 51.6 Å². The molecular weight excluding hydrogens is 440 g/mol. The van der Waals surface area contributed by atoms with Crippen molar-refractivity contribution in [2.45, 2.75) is 0 Å². The fraction of sp³-hybridized carbons (Fsp3) is 0. The van der Waals surface area contributed by atoms with E-state index in [1.165, 1.54) is 0 Å². The van der Waals surface area contributed by atoms with Gasteiger partial charge in [0.25, 0.3) is 0 Å². The lowest BCUT2D eigenvalue weighted by Crippen LogP contribution is -2.00. The first-order valence-electron chi connectivity index (χ1n) is 11.8. The van der Waals surface area contributed by atoms with E-state index in [0.717, 1.165) is 39.1 Å². The second-order valence-electron chi connectivity index (χ2n) is 8.41. The summed E-state index contributed by atoms with van der Waals surface area (Å²) < 4.78 is 0. The third-order valence-corrected chi connectivity index (χ3v) is 6.00. The number of hydrogen-bond acceptors (Lipinski definition) is 4. The summed E-state index contributed by atoms with van der Waals surface area (Å²) in [5.74, 6) is 1.96. The molecule has 6 aromatic rings. The lowest BCUT2D eigenvalue weighted by Gasteiger charge is -2.10. The molecule has 0 saturated carbocycles. The summed E-state index contributed by atoms with van der Waals surface area (Å²) in [7, 11) is 0. The van der Waals surface area contributed by atoms with Crippen LogP contribution in [0.1, 0.15) is 0 Å². The van der Waals surface area contributed by atoms with Crippen LogP contribution >= 0.6 is 0 Å². The lowest BCUT2D eigenvalue weighted by atomic mass is 10.0. The van der Waals surface area contributed by atoms with Crippen molar-refractivity contribution in [3.63, 3.8) is 0 Å².